The number of fused-ring (bicyclic) bond motifs is 1. The molecule has 0 atom stereocenters. The van der Waals surface area contributed by atoms with Gasteiger partial charge in [0.1, 0.15) is 11.6 Å². The van der Waals surface area contributed by atoms with Gasteiger partial charge in [0.05, 0.1) is 5.69 Å². The number of hydrogen-bond donors (Lipinski definition) is 1. The third-order valence-electron chi connectivity index (χ3n) is 3.83. The summed E-state index contributed by atoms with van der Waals surface area (Å²) in [5.74, 6) is 0.935. The largest absolute Gasteiger partial charge is 0.316 e. The molecule has 1 aliphatic heterocycles. The third kappa shape index (κ3) is 3.45. The molecule has 5 heteroatoms. The van der Waals surface area contributed by atoms with Gasteiger partial charge in [-0.05, 0) is 37.2 Å². The summed E-state index contributed by atoms with van der Waals surface area (Å²) in [6.07, 6.45) is 1.84. The van der Waals surface area contributed by atoms with E-state index in [9.17, 15) is 4.39 Å². The lowest BCUT2D eigenvalue weighted by Gasteiger charge is -2.15. The lowest BCUT2D eigenvalue weighted by atomic mass is 10.00. The topological polar surface area (TPSA) is 37.8 Å². The monoisotopic (exact) mass is 321 g/mol. The highest BCUT2D eigenvalue weighted by Crippen LogP contribution is 2.27. The van der Waals surface area contributed by atoms with E-state index in [1.165, 1.54) is 17.7 Å². The summed E-state index contributed by atoms with van der Waals surface area (Å²) in [6, 6.07) is 6.60. The summed E-state index contributed by atoms with van der Waals surface area (Å²) in [6.45, 7) is 6.09. The SMILES string of the molecule is CC(C)c1nc2c(c(-c3ccc(F)cc3)n1)CCNCC2.Cl. The van der Waals surface area contributed by atoms with Crippen molar-refractivity contribution < 1.29 is 4.39 Å². The van der Waals surface area contributed by atoms with E-state index in [1.807, 2.05) is 0 Å². The molecule has 22 heavy (non-hydrogen) atoms. The van der Waals surface area contributed by atoms with E-state index >= 15 is 0 Å². The van der Waals surface area contributed by atoms with Gasteiger partial charge in [0, 0.05) is 35.7 Å². The zero-order chi connectivity index (χ0) is 14.8. The molecule has 2 aromatic rings. The van der Waals surface area contributed by atoms with E-state index in [4.69, 9.17) is 9.97 Å². The Morgan fingerprint density at radius 1 is 1.05 bits per heavy atom. The van der Waals surface area contributed by atoms with Crippen molar-refractivity contribution in [1.29, 1.82) is 0 Å². The van der Waals surface area contributed by atoms with Crippen LogP contribution in [0.3, 0.4) is 0 Å². The fourth-order valence-corrected chi connectivity index (χ4v) is 2.67. The molecule has 0 radical (unpaired) electrons. The van der Waals surface area contributed by atoms with Crippen molar-refractivity contribution in [2.75, 3.05) is 13.1 Å². The number of halogens is 2. The maximum atomic E-state index is 13.2. The Labute approximate surface area is 136 Å². The summed E-state index contributed by atoms with van der Waals surface area (Å²) in [5, 5.41) is 3.40. The minimum atomic E-state index is -0.218. The Balaban J connectivity index is 0.00000176. The van der Waals surface area contributed by atoms with Crippen molar-refractivity contribution in [2.24, 2.45) is 0 Å². The first-order valence-corrected chi connectivity index (χ1v) is 7.51. The van der Waals surface area contributed by atoms with Gasteiger partial charge in [-0.3, -0.25) is 0 Å². The minimum absolute atomic E-state index is 0. The van der Waals surface area contributed by atoms with Crippen molar-refractivity contribution in [1.82, 2.24) is 15.3 Å². The molecular weight excluding hydrogens is 301 g/mol. The normalized spacial score (nSPS) is 14.2. The van der Waals surface area contributed by atoms with Gasteiger partial charge in [-0.2, -0.15) is 0 Å². The third-order valence-corrected chi connectivity index (χ3v) is 3.83. The van der Waals surface area contributed by atoms with Gasteiger partial charge in [0.2, 0.25) is 0 Å². The van der Waals surface area contributed by atoms with Crippen molar-refractivity contribution in [3.63, 3.8) is 0 Å². The quantitative estimate of drug-likeness (QED) is 0.919. The van der Waals surface area contributed by atoms with Crippen LogP contribution in [0, 0.1) is 5.82 Å². The maximum Gasteiger partial charge on any atom is 0.131 e. The fourth-order valence-electron chi connectivity index (χ4n) is 2.67. The zero-order valence-electron chi connectivity index (χ0n) is 12.9. The van der Waals surface area contributed by atoms with Crippen molar-refractivity contribution in [3.8, 4) is 11.3 Å². The van der Waals surface area contributed by atoms with Crippen LogP contribution in [0.25, 0.3) is 11.3 Å². The zero-order valence-corrected chi connectivity index (χ0v) is 13.7. The van der Waals surface area contributed by atoms with Crippen molar-refractivity contribution in [2.45, 2.75) is 32.6 Å². The molecule has 0 unspecified atom stereocenters. The molecule has 2 heterocycles. The predicted molar refractivity (Wildman–Crippen MR) is 89.0 cm³/mol. The molecule has 0 bridgehead atoms. The van der Waals surface area contributed by atoms with E-state index in [1.54, 1.807) is 12.1 Å². The molecule has 0 spiro atoms. The summed E-state index contributed by atoms with van der Waals surface area (Å²) in [5.41, 5.74) is 4.28. The van der Waals surface area contributed by atoms with Gasteiger partial charge in [-0.15, -0.1) is 12.4 Å². The second-order valence-electron chi connectivity index (χ2n) is 5.77. The van der Waals surface area contributed by atoms with Crippen LogP contribution in [0.4, 0.5) is 4.39 Å². The Morgan fingerprint density at radius 3 is 2.41 bits per heavy atom. The molecule has 1 N–H and O–H groups in total. The fraction of sp³-hybridized carbons (Fsp3) is 0.412. The number of rotatable bonds is 2. The Kier molecular flexibility index (Phi) is 5.48. The summed E-state index contributed by atoms with van der Waals surface area (Å²) >= 11 is 0. The number of aromatic nitrogens is 2. The number of hydrogen-bond acceptors (Lipinski definition) is 3. The number of nitrogens with one attached hydrogen (secondary N) is 1. The standard InChI is InChI=1S/C17H20FN3.ClH/c1-11(2)17-20-15-8-10-19-9-7-14(15)16(21-17)12-3-5-13(18)6-4-12;/h3-6,11,19H,7-10H2,1-2H3;1H. The molecule has 0 saturated heterocycles. The van der Waals surface area contributed by atoms with Crippen LogP contribution < -0.4 is 5.32 Å². The van der Waals surface area contributed by atoms with Crippen LogP contribution in [-0.2, 0) is 12.8 Å². The van der Waals surface area contributed by atoms with Crippen molar-refractivity contribution in [3.05, 3.63) is 47.2 Å². The van der Waals surface area contributed by atoms with Crippen LogP contribution >= 0.6 is 12.4 Å². The first-order chi connectivity index (χ1) is 10.1. The first-order valence-electron chi connectivity index (χ1n) is 7.51. The average Bonchev–Trinajstić information content (AvgIpc) is 2.72. The molecule has 1 aromatic heterocycles. The Bertz CT molecular complexity index is 641. The smallest absolute Gasteiger partial charge is 0.131 e. The predicted octanol–water partition coefficient (Wildman–Crippen LogP) is 3.52. The van der Waals surface area contributed by atoms with Gasteiger partial charge in [-0.25, -0.2) is 14.4 Å². The van der Waals surface area contributed by atoms with E-state index < -0.39 is 0 Å². The van der Waals surface area contributed by atoms with Gasteiger partial charge in [0.25, 0.3) is 0 Å². The Hall–Kier alpha value is -1.52. The molecule has 0 aliphatic carbocycles. The molecule has 0 saturated carbocycles. The maximum absolute atomic E-state index is 13.2. The average molecular weight is 322 g/mol. The second kappa shape index (κ2) is 7.16. The molecule has 3 nitrogen and oxygen atoms in total. The second-order valence-corrected chi connectivity index (χ2v) is 5.77. The van der Waals surface area contributed by atoms with Crippen LogP contribution in [-0.4, -0.2) is 23.1 Å². The summed E-state index contributed by atoms with van der Waals surface area (Å²) in [4.78, 5) is 9.52. The van der Waals surface area contributed by atoms with Crippen LogP contribution in [0.15, 0.2) is 24.3 Å². The van der Waals surface area contributed by atoms with Gasteiger partial charge < -0.3 is 5.32 Å². The summed E-state index contributed by atoms with van der Waals surface area (Å²) in [7, 11) is 0. The molecule has 0 fully saturated rings. The molecule has 1 aromatic carbocycles. The highest BCUT2D eigenvalue weighted by atomic mass is 35.5. The van der Waals surface area contributed by atoms with Crippen LogP contribution in [0.5, 0.6) is 0 Å². The Morgan fingerprint density at radius 2 is 1.73 bits per heavy atom. The van der Waals surface area contributed by atoms with Gasteiger partial charge >= 0.3 is 0 Å². The first kappa shape index (κ1) is 16.8. The van der Waals surface area contributed by atoms with E-state index in [2.05, 4.69) is 19.2 Å². The molecular formula is C17H21ClFN3. The van der Waals surface area contributed by atoms with Crippen LogP contribution in [0.1, 0.15) is 36.8 Å². The lowest BCUT2D eigenvalue weighted by molar-refractivity contribution is 0.628. The van der Waals surface area contributed by atoms with Gasteiger partial charge in [0.15, 0.2) is 0 Å². The van der Waals surface area contributed by atoms with Crippen molar-refractivity contribution >= 4 is 12.4 Å². The highest BCUT2D eigenvalue weighted by molar-refractivity contribution is 5.85. The highest BCUT2D eigenvalue weighted by Gasteiger charge is 2.18. The van der Waals surface area contributed by atoms with E-state index in [-0.39, 0.29) is 24.1 Å². The molecule has 0 amide bonds. The summed E-state index contributed by atoms with van der Waals surface area (Å²) < 4.78 is 13.2. The van der Waals surface area contributed by atoms with Gasteiger partial charge in [-0.1, -0.05) is 13.8 Å². The van der Waals surface area contributed by atoms with E-state index in [0.717, 1.165) is 48.7 Å². The lowest BCUT2D eigenvalue weighted by Crippen LogP contribution is -2.16. The van der Waals surface area contributed by atoms with Crippen LogP contribution in [0.2, 0.25) is 0 Å². The minimum Gasteiger partial charge on any atom is -0.316 e. The molecule has 118 valence electrons. The number of benzene rings is 1. The molecule has 1 aliphatic rings. The molecule has 3 rings (SSSR count). The number of nitrogens with zero attached hydrogens (tertiary/aromatic N) is 2. The van der Waals surface area contributed by atoms with E-state index in [0.29, 0.717) is 0 Å².